The van der Waals surface area contributed by atoms with Crippen LogP contribution in [0.5, 0.6) is 0 Å². The fraction of sp³-hybridized carbons (Fsp3) is 0.417. The molecule has 0 fully saturated rings. The second-order valence-electron chi connectivity index (χ2n) is 3.87. The molecule has 4 nitrogen and oxygen atoms in total. The van der Waals surface area contributed by atoms with Crippen molar-refractivity contribution >= 4 is 0 Å². The molecule has 1 atom stereocenters. The number of hydrogen-bond donors (Lipinski definition) is 1. The zero-order valence-corrected chi connectivity index (χ0v) is 9.68. The van der Waals surface area contributed by atoms with E-state index in [0.717, 1.165) is 18.7 Å². The van der Waals surface area contributed by atoms with Crippen molar-refractivity contribution in [1.82, 2.24) is 15.1 Å². The van der Waals surface area contributed by atoms with Gasteiger partial charge in [0.05, 0.1) is 19.0 Å². The van der Waals surface area contributed by atoms with Crippen LogP contribution < -0.4 is 5.32 Å². The standard InChI is InChI=1S/C12H17N3O/c1-3-12(10-7-14-15(2)9-10)13-8-11-5-4-6-16-11/h4-7,9,12-13H,3,8H2,1-2H3. The molecule has 0 spiro atoms. The van der Waals surface area contributed by atoms with Crippen molar-refractivity contribution in [2.24, 2.45) is 7.05 Å². The molecule has 0 aliphatic carbocycles. The Kier molecular flexibility index (Phi) is 3.41. The minimum Gasteiger partial charge on any atom is -0.468 e. The lowest BCUT2D eigenvalue weighted by atomic mass is 10.1. The number of aromatic nitrogens is 2. The quantitative estimate of drug-likeness (QED) is 0.838. The van der Waals surface area contributed by atoms with Crippen LogP contribution in [0, 0.1) is 0 Å². The van der Waals surface area contributed by atoms with E-state index in [1.807, 2.05) is 36.3 Å². The van der Waals surface area contributed by atoms with Crippen molar-refractivity contribution in [2.75, 3.05) is 0 Å². The smallest absolute Gasteiger partial charge is 0.117 e. The highest BCUT2D eigenvalue weighted by Gasteiger charge is 2.10. The molecule has 16 heavy (non-hydrogen) atoms. The lowest BCUT2D eigenvalue weighted by Crippen LogP contribution is -2.19. The lowest BCUT2D eigenvalue weighted by Gasteiger charge is -2.14. The Labute approximate surface area is 95.3 Å². The van der Waals surface area contributed by atoms with Crippen molar-refractivity contribution in [3.05, 3.63) is 42.1 Å². The van der Waals surface area contributed by atoms with Gasteiger partial charge in [-0.05, 0) is 18.6 Å². The van der Waals surface area contributed by atoms with Gasteiger partial charge in [-0.1, -0.05) is 6.92 Å². The second kappa shape index (κ2) is 4.99. The fourth-order valence-corrected chi connectivity index (χ4v) is 1.75. The molecule has 0 aromatic carbocycles. The summed E-state index contributed by atoms with van der Waals surface area (Å²) < 4.78 is 7.11. The summed E-state index contributed by atoms with van der Waals surface area (Å²) in [5.74, 6) is 0.961. The van der Waals surface area contributed by atoms with Crippen LogP contribution >= 0.6 is 0 Å². The fourth-order valence-electron chi connectivity index (χ4n) is 1.75. The Morgan fingerprint density at radius 1 is 1.56 bits per heavy atom. The summed E-state index contributed by atoms with van der Waals surface area (Å²) in [5, 5.41) is 7.64. The number of aryl methyl sites for hydroxylation is 1. The van der Waals surface area contributed by atoms with Gasteiger partial charge in [-0.3, -0.25) is 4.68 Å². The van der Waals surface area contributed by atoms with Gasteiger partial charge in [-0.15, -0.1) is 0 Å². The third-order valence-corrected chi connectivity index (χ3v) is 2.64. The highest BCUT2D eigenvalue weighted by Crippen LogP contribution is 2.16. The first-order valence-corrected chi connectivity index (χ1v) is 5.54. The molecule has 0 saturated carbocycles. The van der Waals surface area contributed by atoms with Gasteiger partial charge in [0.1, 0.15) is 5.76 Å². The van der Waals surface area contributed by atoms with Crippen LogP contribution in [0.15, 0.2) is 35.2 Å². The van der Waals surface area contributed by atoms with Crippen molar-refractivity contribution in [2.45, 2.75) is 25.9 Å². The second-order valence-corrected chi connectivity index (χ2v) is 3.87. The number of nitrogens with zero attached hydrogens (tertiary/aromatic N) is 2. The van der Waals surface area contributed by atoms with Crippen LogP contribution in [-0.4, -0.2) is 9.78 Å². The van der Waals surface area contributed by atoms with E-state index in [2.05, 4.69) is 17.3 Å². The number of hydrogen-bond acceptors (Lipinski definition) is 3. The van der Waals surface area contributed by atoms with Crippen LogP contribution in [0.4, 0.5) is 0 Å². The zero-order chi connectivity index (χ0) is 11.4. The van der Waals surface area contributed by atoms with E-state index in [-0.39, 0.29) is 0 Å². The molecule has 0 aliphatic heterocycles. The molecular weight excluding hydrogens is 202 g/mol. The van der Waals surface area contributed by atoms with Gasteiger partial charge < -0.3 is 9.73 Å². The van der Waals surface area contributed by atoms with Crippen LogP contribution in [0.3, 0.4) is 0 Å². The molecule has 86 valence electrons. The van der Waals surface area contributed by atoms with Crippen LogP contribution in [-0.2, 0) is 13.6 Å². The Morgan fingerprint density at radius 3 is 3.00 bits per heavy atom. The largest absolute Gasteiger partial charge is 0.468 e. The van der Waals surface area contributed by atoms with E-state index in [1.54, 1.807) is 6.26 Å². The summed E-state index contributed by atoms with van der Waals surface area (Å²) in [5.41, 5.74) is 1.22. The minimum absolute atomic E-state index is 0.332. The highest BCUT2D eigenvalue weighted by molar-refractivity contribution is 5.10. The topological polar surface area (TPSA) is 43.0 Å². The first-order valence-electron chi connectivity index (χ1n) is 5.54. The highest BCUT2D eigenvalue weighted by atomic mass is 16.3. The molecular formula is C12H17N3O. The molecule has 0 radical (unpaired) electrons. The summed E-state index contributed by atoms with van der Waals surface area (Å²) in [7, 11) is 1.93. The van der Waals surface area contributed by atoms with E-state index in [1.165, 1.54) is 5.56 Å². The summed E-state index contributed by atoms with van der Waals surface area (Å²) in [6, 6.07) is 4.21. The maximum atomic E-state index is 5.29. The molecule has 2 aromatic heterocycles. The van der Waals surface area contributed by atoms with Crippen molar-refractivity contribution in [3.8, 4) is 0 Å². The van der Waals surface area contributed by atoms with E-state index >= 15 is 0 Å². The zero-order valence-electron chi connectivity index (χ0n) is 9.68. The Bertz CT molecular complexity index is 419. The van der Waals surface area contributed by atoms with E-state index in [9.17, 15) is 0 Å². The Hall–Kier alpha value is -1.55. The van der Waals surface area contributed by atoms with Crippen LogP contribution in [0.25, 0.3) is 0 Å². The monoisotopic (exact) mass is 219 g/mol. The molecule has 2 rings (SSSR count). The summed E-state index contributed by atoms with van der Waals surface area (Å²) in [6.07, 6.45) is 6.68. The van der Waals surface area contributed by atoms with Gasteiger partial charge in [-0.2, -0.15) is 5.10 Å². The SMILES string of the molecule is CCC(NCc1ccco1)c1cnn(C)c1. The lowest BCUT2D eigenvalue weighted by molar-refractivity contribution is 0.443. The minimum atomic E-state index is 0.332. The van der Waals surface area contributed by atoms with Gasteiger partial charge in [0.25, 0.3) is 0 Å². The first kappa shape index (κ1) is 11.0. The van der Waals surface area contributed by atoms with Crippen molar-refractivity contribution in [3.63, 3.8) is 0 Å². The molecule has 2 aromatic rings. The predicted molar refractivity (Wildman–Crippen MR) is 61.8 cm³/mol. The van der Waals surface area contributed by atoms with Gasteiger partial charge >= 0.3 is 0 Å². The average molecular weight is 219 g/mol. The van der Waals surface area contributed by atoms with E-state index < -0.39 is 0 Å². The molecule has 0 bridgehead atoms. The van der Waals surface area contributed by atoms with Gasteiger partial charge in [0.15, 0.2) is 0 Å². The number of rotatable bonds is 5. The molecule has 0 amide bonds. The van der Waals surface area contributed by atoms with Gasteiger partial charge in [-0.25, -0.2) is 0 Å². The van der Waals surface area contributed by atoms with E-state index in [4.69, 9.17) is 4.42 Å². The summed E-state index contributed by atoms with van der Waals surface area (Å²) >= 11 is 0. The molecule has 2 heterocycles. The van der Waals surface area contributed by atoms with Crippen molar-refractivity contribution < 1.29 is 4.42 Å². The van der Waals surface area contributed by atoms with Gasteiger partial charge in [0, 0.05) is 24.8 Å². The first-order chi connectivity index (χ1) is 7.79. The Morgan fingerprint density at radius 2 is 2.44 bits per heavy atom. The molecule has 0 saturated heterocycles. The van der Waals surface area contributed by atoms with Crippen LogP contribution in [0.1, 0.15) is 30.7 Å². The number of nitrogens with one attached hydrogen (secondary N) is 1. The van der Waals surface area contributed by atoms with Gasteiger partial charge in [0.2, 0.25) is 0 Å². The molecule has 0 aliphatic rings. The van der Waals surface area contributed by atoms with E-state index in [0.29, 0.717) is 6.04 Å². The third kappa shape index (κ3) is 2.52. The molecule has 1 N–H and O–H groups in total. The third-order valence-electron chi connectivity index (χ3n) is 2.64. The summed E-state index contributed by atoms with van der Waals surface area (Å²) in [4.78, 5) is 0. The summed E-state index contributed by atoms with van der Waals surface area (Å²) in [6.45, 7) is 2.91. The maximum Gasteiger partial charge on any atom is 0.117 e. The predicted octanol–water partition coefficient (Wildman–Crippen LogP) is 2.25. The Balaban J connectivity index is 1.96. The van der Waals surface area contributed by atoms with Crippen molar-refractivity contribution in [1.29, 1.82) is 0 Å². The average Bonchev–Trinajstić information content (AvgIpc) is 2.91. The number of furan rings is 1. The normalized spacial score (nSPS) is 12.9. The molecule has 1 unspecified atom stereocenters. The maximum absolute atomic E-state index is 5.29. The molecule has 4 heteroatoms. The van der Waals surface area contributed by atoms with Crippen LogP contribution in [0.2, 0.25) is 0 Å².